The summed E-state index contributed by atoms with van der Waals surface area (Å²) in [7, 11) is 1.62. The second-order valence-electron chi connectivity index (χ2n) is 6.36. The minimum absolute atomic E-state index is 0.254. The lowest BCUT2D eigenvalue weighted by atomic mass is 9.84. The number of carbonyl (C=O) groups excluding carboxylic acids is 1. The van der Waals surface area contributed by atoms with Gasteiger partial charge in [-0.1, -0.05) is 26.0 Å². The van der Waals surface area contributed by atoms with Crippen molar-refractivity contribution in [1.82, 2.24) is 5.32 Å². The number of amides is 1. The summed E-state index contributed by atoms with van der Waals surface area (Å²) < 4.78 is 10.4. The molecule has 126 valence electrons. The quantitative estimate of drug-likeness (QED) is 0.833. The van der Waals surface area contributed by atoms with Crippen molar-refractivity contribution in [3.63, 3.8) is 0 Å². The molecule has 0 aromatic heterocycles. The van der Waals surface area contributed by atoms with Crippen molar-refractivity contribution in [2.24, 2.45) is 0 Å². The highest BCUT2D eigenvalue weighted by molar-refractivity contribution is 5.82. The predicted molar refractivity (Wildman–Crippen MR) is 84.6 cm³/mol. The number of carboxylic acids is 1. The van der Waals surface area contributed by atoms with Crippen LogP contribution in [0.5, 0.6) is 5.75 Å². The van der Waals surface area contributed by atoms with E-state index in [1.807, 2.05) is 38.1 Å². The summed E-state index contributed by atoms with van der Waals surface area (Å²) in [4.78, 5) is 23.0. The Bertz CT molecular complexity index is 567. The Morgan fingerprint density at radius 1 is 1.26 bits per heavy atom. The van der Waals surface area contributed by atoms with Crippen LogP contribution < -0.4 is 10.1 Å². The van der Waals surface area contributed by atoms with E-state index >= 15 is 0 Å². The zero-order valence-corrected chi connectivity index (χ0v) is 13.7. The average molecular weight is 321 g/mol. The molecule has 23 heavy (non-hydrogen) atoms. The largest absolute Gasteiger partial charge is 0.497 e. The lowest BCUT2D eigenvalue weighted by molar-refractivity contribution is -0.151. The zero-order valence-electron chi connectivity index (χ0n) is 13.7. The highest BCUT2D eigenvalue weighted by Gasteiger charge is 2.35. The van der Waals surface area contributed by atoms with E-state index in [0.717, 1.165) is 11.3 Å². The van der Waals surface area contributed by atoms with Crippen molar-refractivity contribution >= 4 is 11.9 Å². The fraction of sp³-hybridized carbons (Fsp3) is 0.529. The number of nitrogens with one attached hydrogen (secondary N) is 1. The number of ether oxygens (including phenoxy) is 2. The van der Waals surface area contributed by atoms with Crippen LogP contribution in [-0.2, 0) is 19.7 Å². The maximum absolute atomic E-state index is 12.1. The predicted octanol–water partition coefficient (Wildman–Crippen LogP) is 1.72. The van der Waals surface area contributed by atoms with Gasteiger partial charge in [0.2, 0.25) is 5.91 Å². The smallest absolute Gasteiger partial charge is 0.332 e. The number of benzene rings is 1. The maximum Gasteiger partial charge on any atom is 0.332 e. The molecule has 6 nitrogen and oxygen atoms in total. The molecule has 0 aliphatic carbocycles. The SMILES string of the molecule is COc1ccc(C(C)(C)CNC(=O)[C@@H]2CC[C@H](C(=O)O)O2)cc1. The molecule has 2 N–H and O–H groups in total. The molecule has 2 atom stereocenters. The number of hydrogen-bond donors (Lipinski definition) is 2. The van der Waals surface area contributed by atoms with E-state index in [2.05, 4.69) is 5.32 Å². The second kappa shape index (κ2) is 7.00. The molecule has 2 rings (SSSR count). The van der Waals surface area contributed by atoms with Crippen LogP contribution in [0.25, 0.3) is 0 Å². The minimum Gasteiger partial charge on any atom is -0.497 e. The maximum atomic E-state index is 12.1. The average Bonchev–Trinajstić information content (AvgIpc) is 3.03. The first kappa shape index (κ1) is 17.3. The fourth-order valence-electron chi connectivity index (χ4n) is 2.58. The van der Waals surface area contributed by atoms with Crippen LogP contribution in [0.15, 0.2) is 24.3 Å². The highest BCUT2D eigenvalue weighted by atomic mass is 16.5. The summed E-state index contributed by atoms with van der Waals surface area (Å²) in [6, 6.07) is 7.71. The number of carbonyl (C=O) groups is 2. The topological polar surface area (TPSA) is 84.9 Å². The molecule has 6 heteroatoms. The summed E-state index contributed by atoms with van der Waals surface area (Å²) >= 11 is 0. The molecule has 1 saturated heterocycles. The summed E-state index contributed by atoms with van der Waals surface area (Å²) in [6.07, 6.45) is -0.746. The first-order valence-corrected chi connectivity index (χ1v) is 7.64. The van der Waals surface area contributed by atoms with Gasteiger partial charge in [-0.25, -0.2) is 4.79 Å². The van der Waals surface area contributed by atoms with E-state index in [-0.39, 0.29) is 11.3 Å². The standard InChI is InChI=1S/C17H23NO5/c1-17(2,11-4-6-12(22-3)7-5-11)10-18-15(19)13-8-9-14(23-13)16(20)21/h4-7,13-14H,8-10H2,1-3H3,(H,18,19)(H,20,21)/t13-,14+/m0/s1. The van der Waals surface area contributed by atoms with Crippen LogP contribution in [-0.4, -0.2) is 42.8 Å². The molecule has 0 bridgehead atoms. The van der Waals surface area contributed by atoms with E-state index in [1.165, 1.54) is 0 Å². The molecule has 0 saturated carbocycles. The summed E-state index contributed by atoms with van der Waals surface area (Å²) in [5, 5.41) is 11.8. The Morgan fingerprint density at radius 2 is 1.87 bits per heavy atom. The summed E-state index contributed by atoms with van der Waals surface area (Å²) in [5.74, 6) is -0.484. The lowest BCUT2D eigenvalue weighted by Crippen LogP contribution is -2.42. The molecule has 0 radical (unpaired) electrons. The van der Waals surface area contributed by atoms with Gasteiger partial charge in [-0.05, 0) is 30.5 Å². The van der Waals surface area contributed by atoms with Gasteiger partial charge in [0.1, 0.15) is 11.9 Å². The van der Waals surface area contributed by atoms with Crippen LogP contribution in [0.4, 0.5) is 0 Å². The Labute approximate surface area is 135 Å². The van der Waals surface area contributed by atoms with E-state index in [4.69, 9.17) is 14.6 Å². The van der Waals surface area contributed by atoms with Crippen LogP contribution in [0, 0.1) is 0 Å². The first-order valence-electron chi connectivity index (χ1n) is 7.64. The third-order valence-electron chi connectivity index (χ3n) is 4.16. The third kappa shape index (κ3) is 4.22. The fourth-order valence-corrected chi connectivity index (χ4v) is 2.58. The molecule has 1 heterocycles. The van der Waals surface area contributed by atoms with Gasteiger partial charge in [0.05, 0.1) is 7.11 Å². The molecule has 0 unspecified atom stereocenters. The molecule has 1 fully saturated rings. The number of hydrogen-bond acceptors (Lipinski definition) is 4. The minimum atomic E-state index is -1.01. The molecular formula is C17H23NO5. The van der Waals surface area contributed by atoms with Gasteiger partial charge in [0.25, 0.3) is 0 Å². The van der Waals surface area contributed by atoms with Gasteiger partial charge >= 0.3 is 5.97 Å². The summed E-state index contributed by atoms with van der Waals surface area (Å²) in [5.41, 5.74) is 0.821. The Kier molecular flexibility index (Phi) is 5.26. The summed E-state index contributed by atoms with van der Waals surface area (Å²) in [6.45, 7) is 4.51. The van der Waals surface area contributed by atoms with Crippen molar-refractivity contribution in [3.8, 4) is 5.75 Å². The normalized spacial score (nSPS) is 21.0. The van der Waals surface area contributed by atoms with Crippen molar-refractivity contribution in [2.45, 2.75) is 44.3 Å². The van der Waals surface area contributed by atoms with Crippen molar-refractivity contribution in [3.05, 3.63) is 29.8 Å². The van der Waals surface area contributed by atoms with Crippen LogP contribution >= 0.6 is 0 Å². The second-order valence-corrected chi connectivity index (χ2v) is 6.36. The Hall–Kier alpha value is -2.08. The molecule has 1 amide bonds. The van der Waals surface area contributed by atoms with Crippen molar-refractivity contribution < 1.29 is 24.2 Å². The lowest BCUT2D eigenvalue weighted by Gasteiger charge is -2.26. The monoisotopic (exact) mass is 321 g/mol. The van der Waals surface area contributed by atoms with E-state index in [0.29, 0.717) is 19.4 Å². The van der Waals surface area contributed by atoms with Gasteiger partial charge < -0.3 is 19.9 Å². The zero-order chi connectivity index (χ0) is 17.0. The number of rotatable bonds is 6. The van der Waals surface area contributed by atoms with Crippen molar-refractivity contribution in [1.29, 1.82) is 0 Å². The van der Waals surface area contributed by atoms with Crippen LogP contribution in [0.3, 0.4) is 0 Å². The van der Waals surface area contributed by atoms with Gasteiger partial charge in [-0.3, -0.25) is 4.79 Å². The van der Waals surface area contributed by atoms with E-state index in [9.17, 15) is 9.59 Å². The third-order valence-corrected chi connectivity index (χ3v) is 4.16. The van der Waals surface area contributed by atoms with Gasteiger partial charge in [0, 0.05) is 12.0 Å². The molecule has 1 aromatic rings. The van der Waals surface area contributed by atoms with Crippen molar-refractivity contribution in [2.75, 3.05) is 13.7 Å². The van der Waals surface area contributed by atoms with Gasteiger partial charge in [-0.2, -0.15) is 0 Å². The van der Waals surface area contributed by atoms with E-state index < -0.39 is 18.2 Å². The van der Waals surface area contributed by atoms with Gasteiger partial charge in [-0.15, -0.1) is 0 Å². The molecule has 1 aliphatic rings. The Morgan fingerprint density at radius 3 is 2.39 bits per heavy atom. The number of aliphatic carboxylic acids is 1. The number of methoxy groups -OCH3 is 1. The molecule has 1 aromatic carbocycles. The van der Waals surface area contributed by atoms with Crippen LogP contribution in [0.2, 0.25) is 0 Å². The van der Waals surface area contributed by atoms with Crippen LogP contribution in [0.1, 0.15) is 32.3 Å². The Balaban J connectivity index is 1.90. The molecule has 0 spiro atoms. The van der Waals surface area contributed by atoms with Gasteiger partial charge in [0.15, 0.2) is 6.10 Å². The molecular weight excluding hydrogens is 298 g/mol. The first-order chi connectivity index (χ1) is 10.8. The highest BCUT2D eigenvalue weighted by Crippen LogP contribution is 2.25. The molecule has 1 aliphatic heterocycles. The van der Waals surface area contributed by atoms with E-state index in [1.54, 1.807) is 7.11 Å². The number of carboxylic acid groups (broad SMARTS) is 1.